The number of benzene rings is 3. The Balaban J connectivity index is 1.97. The van der Waals surface area contributed by atoms with Gasteiger partial charge in [-0.1, -0.05) is 61.4 Å². The fraction of sp³-hybridized carbons (Fsp3) is 0.355. The van der Waals surface area contributed by atoms with Crippen molar-refractivity contribution < 1.29 is 22.7 Å². The summed E-state index contributed by atoms with van der Waals surface area (Å²) in [5, 5.41) is 2.90. The molecule has 0 saturated heterocycles. The van der Waals surface area contributed by atoms with E-state index in [1.807, 2.05) is 44.2 Å². The summed E-state index contributed by atoms with van der Waals surface area (Å²) in [7, 11) is -2.68. The lowest BCUT2D eigenvalue weighted by Crippen LogP contribution is -2.52. The molecule has 3 aromatic rings. The minimum atomic E-state index is -4.17. The molecule has 0 spiro atoms. The fourth-order valence-corrected chi connectivity index (χ4v) is 6.41. The van der Waals surface area contributed by atoms with E-state index >= 15 is 0 Å². The van der Waals surface area contributed by atoms with Gasteiger partial charge in [-0.3, -0.25) is 13.9 Å². The molecule has 41 heavy (non-hydrogen) atoms. The number of nitrogens with zero attached hydrogens (tertiary/aromatic N) is 2. The fourth-order valence-electron chi connectivity index (χ4n) is 4.28. The van der Waals surface area contributed by atoms with Crippen molar-refractivity contribution in [2.75, 3.05) is 31.0 Å². The number of aryl methyl sites for hydroxylation is 1. The molecule has 1 atom stereocenters. The largest absolute Gasteiger partial charge is 0.496 e. The molecule has 0 aliphatic rings. The molecule has 0 heterocycles. The standard InChI is InChI=1S/C31H38BrN3O5S/c1-5-6-19-33-31(37)24(3)34(20-18-25-10-8-7-9-11-25)30(36)22-35(26-14-12-23(2)13-15-26)41(38,39)27-16-17-29(40-4)28(32)21-27/h7-17,21,24H,5-6,18-20,22H2,1-4H3,(H,33,37). The first-order valence-corrected chi connectivity index (χ1v) is 15.9. The molecule has 0 aromatic heterocycles. The Bertz CT molecular complexity index is 1420. The molecule has 2 amide bonds. The van der Waals surface area contributed by atoms with E-state index in [2.05, 4.69) is 21.2 Å². The van der Waals surface area contributed by atoms with Crippen LogP contribution < -0.4 is 14.4 Å². The number of hydrogen-bond donors (Lipinski definition) is 1. The maximum Gasteiger partial charge on any atom is 0.264 e. The van der Waals surface area contributed by atoms with Crippen LogP contribution in [0.1, 0.15) is 37.8 Å². The highest BCUT2D eigenvalue weighted by molar-refractivity contribution is 9.10. The van der Waals surface area contributed by atoms with Gasteiger partial charge in [0.1, 0.15) is 18.3 Å². The second-order valence-corrected chi connectivity index (χ2v) is 12.5. The van der Waals surface area contributed by atoms with Crippen LogP contribution in [0.3, 0.4) is 0 Å². The van der Waals surface area contributed by atoms with Crippen LogP contribution in [0.2, 0.25) is 0 Å². The molecule has 0 saturated carbocycles. The van der Waals surface area contributed by atoms with Crippen molar-refractivity contribution >= 4 is 43.5 Å². The average Bonchev–Trinajstić information content (AvgIpc) is 2.97. The van der Waals surface area contributed by atoms with Gasteiger partial charge in [0.05, 0.1) is 22.2 Å². The normalized spacial score (nSPS) is 11.9. The Morgan fingerprint density at radius 3 is 2.32 bits per heavy atom. The van der Waals surface area contributed by atoms with E-state index in [1.165, 1.54) is 24.1 Å². The number of rotatable bonds is 14. The van der Waals surface area contributed by atoms with Crippen LogP contribution >= 0.6 is 15.9 Å². The maximum absolute atomic E-state index is 14.0. The van der Waals surface area contributed by atoms with Crippen molar-refractivity contribution in [3.05, 3.63) is 88.4 Å². The molecule has 0 bridgehead atoms. The Hall–Kier alpha value is -3.37. The van der Waals surface area contributed by atoms with E-state index in [-0.39, 0.29) is 17.3 Å². The smallest absolute Gasteiger partial charge is 0.264 e. The quantitative estimate of drug-likeness (QED) is 0.239. The van der Waals surface area contributed by atoms with Gasteiger partial charge in [-0.15, -0.1) is 0 Å². The summed E-state index contributed by atoms with van der Waals surface area (Å²) < 4.78 is 34.8. The summed E-state index contributed by atoms with van der Waals surface area (Å²) in [4.78, 5) is 28.4. The lowest BCUT2D eigenvalue weighted by molar-refractivity contribution is -0.138. The SMILES string of the molecule is CCCCNC(=O)C(C)N(CCc1ccccc1)C(=O)CN(c1ccc(C)cc1)S(=O)(=O)c1ccc(OC)c(Br)c1. The number of sulfonamides is 1. The minimum Gasteiger partial charge on any atom is -0.496 e. The topological polar surface area (TPSA) is 96.0 Å². The third kappa shape index (κ3) is 8.56. The second kappa shape index (κ2) is 15.0. The van der Waals surface area contributed by atoms with Crippen molar-refractivity contribution in [1.82, 2.24) is 10.2 Å². The molecule has 0 radical (unpaired) electrons. The highest BCUT2D eigenvalue weighted by atomic mass is 79.9. The van der Waals surface area contributed by atoms with E-state index < -0.39 is 28.5 Å². The second-order valence-electron chi connectivity index (χ2n) is 9.79. The molecular weight excluding hydrogens is 606 g/mol. The molecule has 8 nitrogen and oxygen atoms in total. The van der Waals surface area contributed by atoms with E-state index in [0.29, 0.717) is 28.9 Å². The van der Waals surface area contributed by atoms with Crippen molar-refractivity contribution in [2.45, 2.75) is 51.0 Å². The zero-order valence-corrected chi connectivity index (χ0v) is 26.4. The molecular formula is C31H38BrN3O5S. The van der Waals surface area contributed by atoms with Gasteiger partial charge in [-0.25, -0.2) is 8.42 Å². The van der Waals surface area contributed by atoms with Gasteiger partial charge in [0, 0.05) is 13.1 Å². The summed E-state index contributed by atoms with van der Waals surface area (Å²) >= 11 is 3.36. The summed E-state index contributed by atoms with van der Waals surface area (Å²) in [5.74, 6) is -0.267. The number of ether oxygens (including phenoxy) is 1. The summed E-state index contributed by atoms with van der Waals surface area (Å²) in [6.45, 7) is 5.90. The number of unbranched alkanes of at least 4 members (excludes halogenated alkanes) is 1. The van der Waals surface area contributed by atoms with Gasteiger partial charge < -0.3 is 15.0 Å². The van der Waals surface area contributed by atoms with Crippen LogP contribution in [0.5, 0.6) is 5.75 Å². The third-order valence-electron chi connectivity index (χ3n) is 6.79. The number of methoxy groups -OCH3 is 1. The van der Waals surface area contributed by atoms with Gasteiger partial charge in [0.15, 0.2) is 0 Å². The minimum absolute atomic E-state index is 0.000238. The maximum atomic E-state index is 14.0. The molecule has 0 fully saturated rings. The molecule has 3 rings (SSSR count). The van der Waals surface area contributed by atoms with Gasteiger partial charge in [0.2, 0.25) is 11.8 Å². The van der Waals surface area contributed by atoms with Crippen molar-refractivity contribution in [3.63, 3.8) is 0 Å². The lowest BCUT2D eigenvalue weighted by atomic mass is 10.1. The van der Waals surface area contributed by atoms with E-state index in [4.69, 9.17) is 4.74 Å². The van der Waals surface area contributed by atoms with Gasteiger partial charge in [-0.05, 0) is 78.5 Å². The van der Waals surface area contributed by atoms with Crippen molar-refractivity contribution in [2.24, 2.45) is 0 Å². The van der Waals surface area contributed by atoms with Crippen LogP contribution in [-0.4, -0.2) is 57.9 Å². The first-order chi connectivity index (χ1) is 19.6. The summed E-state index contributed by atoms with van der Waals surface area (Å²) in [5.41, 5.74) is 2.31. The van der Waals surface area contributed by atoms with Crippen molar-refractivity contribution in [3.8, 4) is 5.75 Å². The predicted molar refractivity (Wildman–Crippen MR) is 166 cm³/mol. The predicted octanol–water partition coefficient (Wildman–Crippen LogP) is 5.34. The molecule has 1 unspecified atom stereocenters. The van der Waals surface area contributed by atoms with E-state index in [9.17, 15) is 18.0 Å². The van der Waals surface area contributed by atoms with Crippen LogP contribution in [0.4, 0.5) is 5.69 Å². The number of carbonyl (C=O) groups excluding carboxylic acids is 2. The van der Waals surface area contributed by atoms with Gasteiger partial charge in [0.25, 0.3) is 10.0 Å². The van der Waals surface area contributed by atoms with Crippen LogP contribution in [-0.2, 0) is 26.0 Å². The molecule has 3 aromatic carbocycles. The Morgan fingerprint density at radius 1 is 1.02 bits per heavy atom. The first kappa shape index (κ1) is 32.1. The average molecular weight is 645 g/mol. The molecule has 220 valence electrons. The molecule has 1 N–H and O–H groups in total. The Morgan fingerprint density at radius 2 is 1.71 bits per heavy atom. The van der Waals surface area contributed by atoms with Gasteiger partial charge >= 0.3 is 0 Å². The van der Waals surface area contributed by atoms with Crippen LogP contribution in [0.15, 0.2) is 82.2 Å². The zero-order valence-electron chi connectivity index (χ0n) is 24.0. The Labute approximate surface area is 251 Å². The van der Waals surface area contributed by atoms with Crippen LogP contribution in [0, 0.1) is 6.92 Å². The summed E-state index contributed by atoms with van der Waals surface area (Å²) in [6.07, 6.45) is 2.27. The van der Waals surface area contributed by atoms with Crippen LogP contribution in [0.25, 0.3) is 0 Å². The number of anilines is 1. The number of carbonyl (C=O) groups is 2. The summed E-state index contributed by atoms with van der Waals surface area (Å²) in [6, 6.07) is 20.3. The molecule has 0 aliphatic carbocycles. The van der Waals surface area contributed by atoms with Crippen molar-refractivity contribution in [1.29, 1.82) is 0 Å². The number of amides is 2. The lowest BCUT2D eigenvalue weighted by Gasteiger charge is -2.32. The highest BCUT2D eigenvalue weighted by Crippen LogP contribution is 2.31. The van der Waals surface area contributed by atoms with E-state index in [1.54, 1.807) is 37.3 Å². The molecule has 0 aliphatic heterocycles. The zero-order chi connectivity index (χ0) is 30.0. The number of nitrogens with one attached hydrogen (secondary N) is 1. The third-order valence-corrected chi connectivity index (χ3v) is 9.18. The number of halogens is 1. The molecule has 10 heteroatoms. The first-order valence-electron chi connectivity index (χ1n) is 13.6. The highest BCUT2D eigenvalue weighted by Gasteiger charge is 2.32. The monoisotopic (exact) mass is 643 g/mol. The van der Waals surface area contributed by atoms with Gasteiger partial charge in [-0.2, -0.15) is 0 Å². The number of hydrogen-bond acceptors (Lipinski definition) is 5. The Kier molecular flexibility index (Phi) is 11.8. The van der Waals surface area contributed by atoms with E-state index in [0.717, 1.165) is 28.3 Å².